The van der Waals surface area contributed by atoms with Gasteiger partial charge in [-0.25, -0.2) is 9.50 Å². The van der Waals surface area contributed by atoms with E-state index in [0.29, 0.717) is 25.1 Å². The molecule has 0 aromatic carbocycles. The summed E-state index contributed by atoms with van der Waals surface area (Å²) in [4.78, 5) is 5.02. The van der Waals surface area contributed by atoms with E-state index >= 15 is 0 Å². The van der Waals surface area contributed by atoms with Crippen molar-refractivity contribution < 1.29 is 9.47 Å². The molecule has 4 aromatic rings. The maximum absolute atomic E-state index is 5.92. The van der Waals surface area contributed by atoms with Crippen LogP contribution in [-0.4, -0.2) is 52.7 Å². The topological polar surface area (TPSA) is 84.3 Å². The summed E-state index contributed by atoms with van der Waals surface area (Å²) >= 11 is 0. The zero-order valence-electron chi connectivity index (χ0n) is 19.3. The Bertz CT molecular complexity index is 1290. The van der Waals surface area contributed by atoms with E-state index in [0.717, 1.165) is 28.0 Å². The first-order valence-corrected chi connectivity index (χ1v) is 11.7. The lowest BCUT2D eigenvalue weighted by Gasteiger charge is -2.16. The maximum atomic E-state index is 5.92. The van der Waals surface area contributed by atoms with E-state index in [2.05, 4.69) is 28.0 Å². The van der Waals surface area contributed by atoms with Gasteiger partial charge in [-0.1, -0.05) is 13.3 Å². The molecule has 0 amide bonds. The molecule has 172 valence electrons. The maximum Gasteiger partial charge on any atom is 0.163 e. The molecule has 0 N–H and O–H groups in total. The molecule has 0 unspecified atom stereocenters. The molecule has 2 aliphatic rings. The van der Waals surface area contributed by atoms with Gasteiger partial charge in [0.2, 0.25) is 0 Å². The lowest BCUT2D eigenvalue weighted by Crippen LogP contribution is -2.24. The Balaban J connectivity index is 1.31. The van der Waals surface area contributed by atoms with Crippen molar-refractivity contribution in [2.45, 2.75) is 64.5 Å². The number of hydrogen-bond donors (Lipinski definition) is 0. The van der Waals surface area contributed by atoms with Crippen LogP contribution >= 0.6 is 0 Å². The largest absolute Gasteiger partial charge is 0.348 e. The fourth-order valence-electron chi connectivity index (χ4n) is 5.10. The van der Waals surface area contributed by atoms with Gasteiger partial charge in [-0.15, -0.1) is 0 Å². The van der Waals surface area contributed by atoms with Crippen molar-refractivity contribution >= 4 is 5.52 Å². The number of rotatable bonds is 5. The first-order valence-electron chi connectivity index (χ1n) is 11.7. The van der Waals surface area contributed by atoms with E-state index in [-0.39, 0.29) is 6.10 Å². The van der Waals surface area contributed by atoms with Crippen molar-refractivity contribution in [1.29, 1.82) is 0 Å². The highest BCUT2D eigenvalue weighted by Gasteiger charge is 2.33. The van der Waals surface area contributed by atoms with Gasteiger partial charge in [-0.05, 0) is 38.7 Å². The van der Waals surface area contributed by atoms with Gasteiger partial charge >= 0.3 is 0 Å². The number of nitrogens with zero attached hydrogens (tertiary/aromatic N) is 7. The lowest BCUT2D eigenvalue weighted by molar-refractivity contribution is -0.139. The number of ether oxygens (including phenoxy) is 2. The fourth-order valence-corrected chi connectivity index (χ4v) is 5.10. The fraction of sp³-hybridized carbons (Fsp3) is 0.500. The Kier molecular flexibility index (Phi) is 4.84. The van der Waals surface area contributed by atoms with Crippen molar-refractivity contribution in [3.8, 4) is 22.5 Å². The van der Waals surface area contributed by atoms with Crippen LogP contribution in [0, 0.1) is 5.92 Å². The third kappa shape index (κ3) is 3.85. The molecular weight excluding hydrogens is 418 g/mol. The van der Waals surface area contributed by atoms with Gasteiger partial charge in [-0.3, -0.25) is 9.36 Å². The van der Waals surface area contributed by atoms with Crippen molar-refractivity contribution in [2.24, 2.45) is 5.92 Å². The first-order chi connectivity index (χ1) is 15.9. The highest BCUT2D eigenvalue weighted by atomic mass is 16.7. The van der Waals surface area contributed by atoms with E-state index < -0.39 is 5.79 Å². The summed E-state index contributed by atoms with van der Waals surface area (Å²) in [5, 5.41) is 13.7. The Hall–Kier alpha value is -3.04. The normalized spacial score (nSPS) is 24.8. The van der Waals surface area contributed by atoms with E-state index in [1.165, 1.54) is 19.3 Å². The molecule has 9 heteroatoms. The molecule has 4 aromatic heterocycles. The molecule has 6 rings (SSSR count). The minimum Gasteiger partial charge on any atom is -0.348 e. The SMILES string of the molecule is C[C@H]1CCC[C@H]1n1cc(-c2nc(-c3cnn(C[C@@H]4COC(C)(C)O4)c3)cn3nccc23)cn1. The standard InChI is InChI=1S/C24H29N7O2/c1-16-5-4-6-21(16)30-12-18(10-27-30)23-22-7-8-25-31(22)14-20(28-23)17-9-26-29(11-17)13-19-15-32-24(2,3)33-19/h7-12,14,16,19,21H,4-6,13,15H2,1-3H3/t16-,19+,21+/m0/s1. The summed E-state index contributed by atoms with van der Waals surface area (Å²) in [7, 11) is 0. The molecule has 9 nitrogen and oxygen atoms in total. The Morgan fingerprint density at radius 1 is 1.06 bits per heavy atom. The molecule has 0 bridgehead atoms. The van der Waals surface area contributed by atoms with Crippen molar-refractivity contribution in [3.63, 3.8) is 0 Å². The molecular formula is C24H29N7O2. The number of hydrogen-bond acceptors (Lipinski definition) is 6. The van der Waals surface area contributed by atoms with Gasteiger partial charge < -0.3 is 9.47 Å². The summed E-state index contributed by atoms with van der Waals surface area (Å²) in [5.41, 5.74) is 4.60. The van der Waals surface area contributed by atoms with Gasteiger partial charge in [0.1, 0.15) is 6.10 Å². The van der Waals surface area contributed by atoms with Gasteiger partial charge in [0.25, 0.3) is 0 Å². The van der Waals surface area contributed by atoms with Crippen LogP contribution in [0.3, 0.4) is 0 Å². The average Bonchev–Trinajstić information content (AvgIpc) is 3.59. The molecule has 0 spiro atoms. The van der Waals surface area contributed by atoms with Crippen molar-refractivity contribution in [1.82, 2.24) is 34.2 Å². The molecule has 33 heavy (non-hydrogen) atoms. The predicted octanol–water partition coefficient (Wildman–Crippen LogP) is 3.97. The van der Waals surface area contributed by atoms with Gasteiger partial charge in [0.15, 0.2) is 5.79 Å². The molecule has 1 saturated heterocycles. The molecule has 3 atom stereocenters. The smallest absolute Gasteiger partial charge is 0.163 e. The summed E-state index contributed by atoms with van der Waals surface area (Å²) in [6.07, 6.45) is 15.3. The van der Waals surface area contributed by atoms with E-state index in [1.54, 1.807) is 6.20 Å². The molecule has 2 fully saturated rings. The minimum absolute atomic E-state index is 0.0197. The van der Waals surface area contributed by atoms with E-state index in [1.807, 2.05) is 53.9 Å². The van der Waals surface area contributed by atoms with Crippen molar-refractivity contribution in [3.05, 3.63) is 43.2 Å². The Labute approximate surface area is 192 Å². The van der Waals surface area contributed by atoms with Crippen LogP contribution in [0.25, 0.3) is 28.0 Å². The average molecular weight is 448 g/mol. The summed E-state index contributed by atoms with van der Waals surface area (Å²) in [6.45, 7) is 7.37. The highest BCUT2D eigenvalue weighted by molar-refractivity contribution is 5.78. The quantitative estimate of drug-likeness (QED) is 0.460. The van der Waals surface area contributed by atoms with Crippen LogP contribution in [0.5, 0.6) is 0 Å². The highest BCUT2D eigenvalue weighted by Crippen LogP contribution is 2.36. The van der Waals surface area contributed by atoms with Gasteiger partial charge in [0, 0.05) is 23.5 Å². The van der Waals surface area contributed by atoms with Crippen LogP contribution in [-0.2, 0) is 16.0 Å². The van der Waals surface area contributed by atoms with E-state index in [9.17, 15) is 0 Å². The monoisotopic (exact) mass is 447 g/mol. The second kappa shape index (κ2) is 7.78. The number of fused-ring (bicyclic) bond motifs is 1. The zero-order valence-corrected chi connectivity index (χ0v) is 19.3. The molecule has 1 saturated carbocycles. The molecule has 1 aliphatic carbocycles. The summed E-state index contributed by atoms with van der Waals surface area (Å²) < 4.78 is 17.5. The predicted molar refractivity (Wildman–Crippen MR) is 122 cm³/mol. The van der Waals surface area contributed by atoms with Crippen LogP contribution in [0.15, 0.2) is 43.2 Å². The molecule has 5 heterocycles. The first kappa shape index (κ1) is 20.6. The zero-order chi connectivity index (χ0) is 22.6. The third-order valence-electron chi connectivity index (χ3n) is 6.81. The summed E-state index contributed by atoms with van der Waals surface area (Å²) in [6, 6.07) is 2.46. The van der Waals surface area contributed by atoms with Gasteiger partial charge in [-0.2, -0.15) is 15.3 Å². The van der Waals surface area contributed by atoms with Crippen LogP contribution in [0.4, 0.5) is 0 Å². The molecule has 0 radical (unpaired) electrons. The second-order valence-corrected chi connectivity index (χ2v) is 9.72. The third-order valence-corrected chi connectivity index (χ3v) is 6.81. The Morgan fingerprint density at radius 3 is 2.73 bits per heavy atom. The van der Waals surface area contributed by atoms with Gasteiger partial charge in [0.05, 0.1) is 60.9 Å². The number of aromatic nitrogens is 7. The molecule has 1 aliphatic heterocycles. The van der Waals surface area contributed by atoms with Crippen LogP contribution in [0.2, 0.25) is 0 Å². The second-order valence-electron chi connectivity index (χ2n) is 9.72. The summed E-state index contributed by atoms with van der Waals surface area (Å²) in [5.74, 6) is 0.112. The lowest BCUT2D eigenvalue weighted by atomic mass is 10.1. The van der Waals surface area contributed by atoms with Crippen LogP contribution < -0.4 is 0 Å². The minimum atomic E-state index is -0.539. The Morgan fingerprint density at radius 2 is 1.94 bits per heavy atom. The van der Waals surface area contributed by atoms with Crippen molar-refractivity contribution in [2.75, 3.05) is 6.61 Å². The van der Waals surface area contributed by atoms with Crippen LogP contribution in [0.1, 0.15) is 46.1 Å². The van der Waals surface area contributed by atoms with E-state index in [4.69, 9.17) is 19.6 Å².